The third-order valence-corrected chi connectivity index (χ3v) is 4.32. The first-order chi connectivity index (χ1) is 8.74. The fourth-order valence-electron chi connectivity index (χ4n) is 2.92. The van der Waals surface area contributed by atoms with Crippen LogP contribution in [-0.2, 0) is 0 Å². The summed E-state index contributed by atoms with van der Waals surface area (Å²) in [5.74, 6) is 0. The van der Waals surface area contributed by atoms with Crippen LogP contribution in [0, 0.1) is 0 Å². The van der Waals surface area contributed by atoms with E-state index in [1.54, 1.807) is 0 Å². The van der Waals surface area contributed by atoms with Crippen LogP contribution in [0.5, 0.6) is 0 Å². The van der Waals surface area contributed by atoms with E-state index < -0.39 is 0 Å². The monoisotopic (exact) mass is 254 g/mol. The lowest BCUT2D eigenvalue weighted by molar-refractivity contribution is 0.211. The van der Waals surface area contributed by atoms with Crippen molar-refractivity contribution in [3.63, 3.8) is 0 Å². The summed E-state index contributed by atoms with van der Waals surface area (Å²) in [6.45, 7) is 10.7. The van der Waals surface area contributed by atoms with Crippen LogP contribution < -0.4 is 5.32 Å². The van der Waals surface area contributed by atoms with Crippen molar-refractivity contribution in [2.75, 3.05) is 19.6 Å². The van der Waals surface area contributed by atoms with Crippen LogP contribution in [0.4, 0.5) is 0 Å². The molecule has 1 aliphatic heterocycles. The Balaban J connectivity index is 2.08. The molecule has 0 saturated carbocycles. The van der Waals surface area contributed by atoms with Crippen LogP contribution in [0.2, 0.25) is 0 Å². The van der Waals surface area contributed by atoms with Crippen LogP contribution in [0.1, 0.15) is 72.1 Å². The Morgan fingerprint density at radius 2 is 2.06 bits per heavy atom. The fourth-order valence-corrected chi connectivity index (χ4v) is 2.92. The molecule has 2 atom stereocenters. The number of unbranched alkanes of at least 4 members (excludes halogenated alkanes) is 2. The van der Waals surface area contributed by atoms with Gasteiger partial charge in [-0.1, -0.05) is 39.0 Å². The topological polar surface area (TPSA) is 15.3 Å². The molecule has 1 fully saturated rings. The zero-order chi connectivity index (χ0) is 13.2. The Labute approximate surface area is 115 Å². The first-order valence-electron chi connectivity index (χ1n) is 8.21. The van der Waals surface area contributed by atoms with Gasteiger partial charge in [0, 0.05) is 25.2 Å². The smallest absolute Gasteiger partial charge is 0.0110 e. The number of hydrogen-bond acceptors (Lipinski definition) is 2. The summed E-state index contributed by atoms with van der Waals surface area (Å²) in [6, 6.07) is 1.49. The molecule has 0 radical (unpaired) electrons. The van der Waals surface area contributed by atoms with Gasteiger partial charge in [0.05, 0.1) is 0 Å². The molecule has 1 N–H and O–H groups in total. The lowest BCUT2D eigenvalue weighted by atomic mass is 10.1. The van der Waals surface area contributed by atoms with Gasteiger partial charge < -0.3 is 5.32 Å². The van der Waals surface area contributed by atoms with Crippen molar-refractivity contribution in [1.29, 1.82) is 0 Å². The summed E-state index contributed by atoms with van der Waals surface area (Å²) in [5, 5.41) is 3.69. The summed E-state index contributed by atoms with van der Waals surface area (Å²) in [5.41, 5.74) is 0. The molecule has 0 bridgehead atoms. The largest absolute Gasteiger partial charge is 0.313 e. The van der Waals surface area contributed by atoms with Gasteiger partial charge in [0.25, 0.3) is 0 Å². The highest BCUT2D eigenvalue weighted by Gasteiger charge is 2.16. The molecule has 0 aliphatic carbocycles. The third-order valence-electron chi connectivity index (χ3n) is 4.32. The van der Waals surface area contributed by atoms with Crippen LogP contribution >= 0.6 is 0 Å². The molecule has 1 rings (SSSR count). The number of hydrogen-bond donors (Lipinski definition) is 1. The van der Waals surface area contributed by atoms with E-state index in [4.69, 9.17) is 0 Å². The molecule has 1 aliphatic rings. The maximum Gasteiger partial charge on any atom is 0.0110 e. The van der Waals surface area contributed by atoms with Crippen molar-refractivity contribution >= 4 is 0 Å². The third kappa shape index (κ3) is 6.75. The van der Waals surface area contributed by atoms with E-state index >= 15 is 0 Å². The van der Waals surface area contributed by atoms with Gasteiger partial charge in [0.1, 0.15) is 0 Å². The van der Waals surface area contributed by atoms with E-state index in [0.29, 0.717) is 6.04 Å². The van der Waals surface area contributed by atoms with E-state index in [0.717, 1.165) is 12.6 Å². The molecule has 0 aromatic rings. The van der Waals surface area contributed by atoms with Crippen LogP contribution in [0.15, 0.2) is 0 Å². The van der Waals surface area contributed by atoms with Crippen LogP contribution in [-0.4, -0.2) is 36.6 Å². The van der Waals surface area contributed by atoms with Crippen molar-refractivity contribution in [3.05, 3.63) is 0 Å². The van der Waals surface area contributed by atoms with Gasteiger partial charge in [-0.15, -0.1) is 0 Å². The van der Waals surface area contributed by atoms with Crippen molar-refractivity contribution in [3.8, 4) is 0 Å². The normalized spacial score (nSPS) is 23.8. The maximum atomic E-state index is 3.69. The van der Waals surface area contributed by atoms with Crippen LogP contribution in [0.25, 0.3) is 0 Å². The molecule has 1 heterocycles. The summed E-state index contributed by atoms with van der Waals surface area (Å²) in [7, 11) is 0. The molecule has 108 valence electrons. The molecule has 1 saturated heterocycles. The second-order valence-corrected chi connectivity index (χ2v) is 6.09. The van der Waals surface area contributed by atoms with E-state index in [-0.39, 0.29) is 0 Å². The van der Waals surface area contributed by atoms with Gasteiger partial charge in [-0.3, -0.25) is 4.90 Å². The lowest BCUT2D eigenvalue weighted by Crippen LogP contribution is -2.40. The zero-order valence-electron chi connectivity index (χ0n) is 12.9. The van der Waals surface area contributed by atoms with Crippen molar-refractivity contribution in [1.82, 2.24) is 10.2 Å². The number of likely N-dealkylation sites (tertiary alicyclic amines) is 1. The number of nitrogens with one attached hydrogen (secondary N) is 1. The summed E-state index contributed by atoms with van der Waals surface area (Å²) in [6.07, 6.45) is 11.1. The standard InChI is InChI=1S/C16H34N2/c1-4-5-7-10-15(2)17-12-14-18-13-9-6-8-11-16(18)3/h15-17H,4-14H2,1-3H3. The first kappa shape index (κ1) is 16.0. The van der Waals surface area contributed by atoms with E-state index in [2.05, 4.69) is 31.0 Å². The maximum absolute atomic E-state index is 3.69. The van der Waals surface area contributed by atoms with Gasteiger partial charge >= 0.3 is 0 Å². The van der Waals surface area contributed by atoms with Crippen molar-refractivity contribution in [2.45, 2.75) is 84.2 Å². The minimum Gasteiger partial charge on any atom is -0.313 e. The van der Waals surface area contributed by atoms with Gasteiger partial charge in [0.15, 0.2) is 0 Å². The highest BCUT2D eigenvalue weighted by molar-refractivity contribution is 4.73. The van der Waals surface area contributed by atoms with Crippen molar-refractivity contribution < 1.29 is 0 Å². The Morgan fingerprint density at radius 1 is 1.22 bits per heavy atom. The summed E-state index contributed by atoms with van der Waals surface area (Å²) >= 11 is 0. The fraction of sp³-hybridized carbons (Fsp3) is 1.00. The highest BCUT2D eigenvalue weighted by Crippen LogP contribution is 2.15. The second kappa shape index (κ2) is 9.80. The van der Waals surface area contributed by atoms with Crippen LogP contribution in [0.3, 0.4) is 0 Å². The molecular formula is C16H34N2. The van der Waals surface area contributed by atoms with E-state index in [9.17, 15) is 0 Å². The SMILES string of the molecule is CCCCCC(C)NCCN1CCCCCC1C. The molecular weight excluding hydrogens is 220 g/mol. The molecule has 0 amide bonds. The van der Waals surface area contributed by atoms with Gasteiger partial charge in [-0.25, -0.2) is 0 Å². The molecule has 2 unspecified atom stereocenters. The zero-order valence-corrected chi connectivity index (χ0v) is 12.9. The molecule has 2 nitrogen and oxygen atoms in total. The molecule has 18 heavy (non-hydrogen) atoms. The average Bonchev–Trinajstić information content (AvgIpc) is 2.55. The highest BCUT2D eigenvalue weighted by atomic mass is 15.2. The Hall–Kier alpha value is -0.0800. The second-order valence-electron chi connectivity index (χ2n) is 6.09. The Bertz CT molecular complexity index is 194. The Kier molecular flexibility index (Phi) is 8.70. The minimum absolute atomic E-state index is 0.693. The average molecular weight is 254 g/mol. The predicted molar refractivity (Wildman–Crippen MR) is 81.1 cm³/mol. The summed E-state index contributed by atoms with van der Waals surface area (Å²) < 4.78 is 0. The molecule has 0 spiro atoms. The summed E-state index contributed by atoms with van der Waals surface area (Å²) in [4.78, 5) is 2.68. The van der Waals surface area contributed by atoms with E-state index in [1.165, 1.54) is 64.5 Å². The van der Waals surface area contributed by atoms with Gasteiger partial charge in [-0.2, -0.15) is 0 Å². The molecule has 0 aromatic carbocycles. The van der Waals surface area contributed by atoms with Crippen molar-refractivity contribution in [2.24, 2.45) is 0 Å². The first-order valence-corrected chi connectivity index (χ1v) is 8.21. The number of nitrogens with zero attached hydrogens (tertiary/aromatic N) is 1. The number of rotatable bonds is 8. The predicted octanol–water partition coefficient (Wildman–Crippen LogP) is 3.81. The minimum atomic E-state index is 0.693. The van der Waals surface area contributed by atoms with E-state index in [1.807, 2.05) is 0 Å². The molecule has 0 aromatic heterocycles. The quantitative estimate of drug-likeness (QED) is 0.663. The Morgan fingerprint density at radius 3 is 2.83 bits per heavy atom. The lowest BCUT2D eigenvalue weighted by Gasteiger charge is -2.27. The van der Waals surface area contributed by atoms with Gasteiger partial charge in [-0.05, 0) is 39.7 Å². The van der Waals surface area contributed by atoms with Gasteiger partial charge in [0.2, 0.25) is 0 Å². The molecule has 2 heteroatoms.